The maximum Gasteiger partial charge on any atom is 0.315 e. The summed E-state index contributed by atoms with van der Waals surface area (Å²) in [5.74, 6) is 1.20. The lowest BCUT2D eigenvalue weighted by Gasteiger charge is -2.36. The number of benzene rings is 2. The lowest BCUT2D eigenvalue weighted by atomic mass is 10.0. The first-order chi connectivity index (χ1) is 17.9. The Hall–Kier alpha value is -3.38. The highest BCUT2D eigenvalue weighted by atomic mass is 16.6. The number of rotatable bonds is 7. The molecule has 11 heteroatoms. The second kappa shape index (κ2) is 10.5. The summed E-state index contributed by atoms with van der Waals surface area (Å²) in [5.41, 5.74) is 7.84. The third-order valence-corrected chi connectivity index (χ3v) is 7.13. The van der Waals surface area contributed by atoms with Gasteiger partial charge in [0.2, 0.25) is 5.95 Å². The van der Waals surface area contributed by atoms with E-state index in [0.717, 1.165) is 16.8 Å². The number of carbonyl (C=O) groups excluding carboxylic acids is 1. The number of imidazole rings is 1. The van der Waals surface area contributed by atoms with Gasteiger partial charge in [-0.15, -0.1) is 0 Å². The van der Waals surface area contributed by atoms with E-state index < -0.39 is 37.2 Å². The van der Waals surface area contributed by atoms with Gasteiger partial charge in [-0.05, 0) is 36.8 Å². The van der Waals surface area contributed by atoms with Crippen LogP contribution in [0.1, 0.15) is 31.6 Å². The van der Waals surface area contributed by atoms with Crippen molar-refractivity contribution >= 4 is 23.0 Å². The summed E-state index contributed by atoms with van der Waals surface area (Å²) in [6.45, 7) is 2.56. The van der Waals surface area contributed by atoms with Crippen molar-refractivity contribution in [3.63, 3.8) is 0 Å². The number of hydrogen-bond acceptors (Lipinski definition) is 8. The number of aromatic nitrogens is 2. The van der Waals surface area contributed by atoms with Gasteiger partial charge >= 0.3 is 6.03 Å². The van der Waals surface area contributed by atoms with E-state index in [2.05, 4.69) is 10.3 Å². The van der Waals surface area contributed by atoms with E-state index in [4.69, 9.17) is 15.2 Å². The predicted molar refractivity (Wildman–Crippen MR) is 136 cm³/mol. The maximum absolute atomic E-state index is 11.5. The topological polar surface area (TPSA) is 155 Å². The molecule has 198 valence electrons. The second-order valence-corrected chi connectivity index (χ2v) is 9.67. The van der Waals surface area contributed by atoms with Gasteiger partial charge in [0, 0.05) is 32.0 Å². The molecule has 11 nitrogen and oxygen atoms in total. The molecule has 6 N–H and O–H groups in total. The summed E-state index contributed by atoms with van der Waals surface area (Å²) in [4.78, 5) is 17.9. The maximum atomic E-state index is 11.5. The molecule has 0 bridgehead atoms. The van der Waals surface area contributed by atoms with E-state index in [1.165, 1.54) is 0 Å². The lowest BCUT2D eigenvalue weighted by Crippen LogP contribution is -2.49. The van der Waals surface area contributed by atoms with Crippen molar-refractivity contribution in [1.82, 2.24) is 14.5 Å². The van der Waals surface area contributed by atoms with Gasteiger partial charge < -0.3 is 40.7 Å². The minimum absolute atomic E-state index is 0.00934. The van der Waals surface area contributed by atoms with E-state index >= 15 is 0 Å². The molecule has 2 aromatic carbocycles. The number of aliphatic hydroxyl groups excluding tert-OH is 3. The summed E-state index contributed by atoms with van der Waals surface area (Å²) in [6.07, 6.45) is -2.83. The van der Waals surface area contributed by atoms with E-state index in [1.807, 2.05) is 55.5 Å². The Kier molecular flexibility index (Phi) is 7.20. The van der Waals surface area contributed by atoms with E-state index in [9.17, 15) is 20.1 Å². The first-order valence-corrected chi connectivity index (χ1v) is 12.5. The number of nitrogens with zero attached hydrogens (tertiary/aromatic N) is 3. The molecule has 6 atom stereocenters. The fourth-order valence-corrected chi connectivity index (χ4v) is 5.19. The number of para-hydroxylation sites is 2. The average molecular weight is 512 g/mol. The van der Waals surface area contributed by atoms with Crippen molar-refractivity contribution in [3.05, 3.63) is 54.1 Å². The Balaban J connectivity index is 1.31. The van der Waals surface area contributed by atoms with Crippen LogP contribution in [-0.2, 0) is 11.3 Å². The molecule has 37 heavy (non-hydrogen) atoms. The van der Waals surface area contributed by atoms with E-state index in [0.29, 0.717) is 37.4 Å². The van der Waals surface area contributed by atoms with Crippen molar-refractivity contribution in [2.45, 2.75) is 63.0 Å². The van der Waals surface area contributed by atoms with Crippen LogP contribution in [0.2, 0.25) is 0 Å². The minimum atomic E-state index is -1.23. The van der Waals surface area contributed by atoms with Gasteiger partial charge in [0.1, 0.15) is 30.2 Å². The van der Waals surface area contributed by atoms with E-state index in [1.54, 1.807) is 9.47 Å². The summed E-state index contributed by atoms with van der Waals surface area (Å²) < 4.78 is 13.7. The predicted octanol–water partition coefficient (Wildman–Crippen LogP) is 1.57. The van der Waals surface area contributed by atoms with Gasteiger partial charge in [0.15, 0.2) is 6.23 Å². The summed E-state index contributed by atoms with van der Waals surface area (Å²) in [6, 6.07) is 14.8. The molecule has 2 amide bonds. The number of nitrogens with one attached hydrogen (secondary N) is 1. The Morgan fingerprint density at radius 1 is 1.22 bits per heavy atom. The molecular formula is C26H33N5O6. The number of fused-ring (bicyclic) bond motifs is 1. The molecule has 2 aliphatic heterocycles. The molecule has 0 spiro atoms. The quantitative estimate of drug-likeness (QED) is 0.320. The summed E-state index contributed by atoms with van der Waals surface area (Å²) in [5, 5.41) is 33.8. The SMILES string of the molecule is CC1CC(Oc2cccc(CNc3nc4ccccc4n3[C@@H]3O[C@H](CO)[C@@H](O)[C@H]3O)c2)CCN1C(N)=O. The molecule has 3 heterocycles. The Morgan fingerprint density at radius 3 is 2.76 bits per heavy atom. The molecular weight excluding hydrogens is 478 g/mol. The van der Waals surface area contributed by atoms with Gasteiger partial charge in [-0.1, -0.05) is 24.3 Å². The summed E-state index contributed by atoms with van der Waals surface area (Å²) in [7, 11) is 0. The Labute approximate surface area is 214 Å². The van der Waals surface area contributed by atoms with Crippen molar-refractivity contribution in [3.8, 4) is 5.75 Å². The van der Waals surface area contributed by atoms with Crippen molar-refractivity contribution in [1.29, 1.82) is 0 Å². The number of hydrogen-bond donors (Lipinski definition) is 5. The zero-order valence-corrected chi connectivity index (χ0v) is 20.6. The number of ether oxygens (including phenoxy) is 2. The first-order valence-electron chi connectivity index (χ1n) is 12.5. The Morgan fingerprint density at radius 2 is 2.03 bits per heavy atom. The molecule has 5 rings (SSSR count). The van der Waals surface area contributed by atoms with Crippen LogP contribution in [-0.4, -0.2) is 79.4 Å². The molecule has 0 saturated carbocycles. The highest BCUT2D eigenvalue weighted by molar-refractivity contribution is 5.79. The van der Waals surface area contributed by atoms with Crippen LogP contribution in [0.4, 0.5) is 10.7 Å². The van der Waals surface area contributed by atoms with Gasteiger partial charge in [0.05, 0.1) is 17.6 Å². The third kappa shape index (κ3) is 5.08. The van der Waals surface area contributed by atoms with Crippen LogP contribution in [0, 0.1) is 0 Å². The number of urea groups is 1. The number of aliphatic hydroxyl groups is 3. The number of amides is 2. The van der Waals surface area contributed by atoms with Crippen LogP contribution in [0.25, 0.3) is 11.0 Å². The molecule has 2 fully saturated rings. The second-order valence-electron chi connectivity index (χ2n) is 9.67. The largest absolute Gasteiger partial charge is 0.490 e. The van der Waals surface area contributed by atoms with Gasteiger partial charge in [-0.3, -0.25) is 4.57 Å². The van der Waals surface area contributed by atoms with Gasteiger partial charge in [-0.2, -0.15) is 0 Å². The number of piperidine rings is 1. The highest BCUT2D eigenvalue weighted by Gasteiger charge is 2.44. The monoisotopic (exact) mass is 511 g/mol. The number of likely N-dealkylation sites (tertiary alicyclic amines) is 1. The number of carbonyl (C=O) groups is 1. The average Bonchev–Trinajstić information content (AvgIpc) is 3.39. The van der Waals surface area contributed by atoms with Crippen LogP contribution in [0.5, 0.6) is 5.75 Å². The van der Waals surface area contributed by atoms with Crippen LogP contribution in [0.15, 0.2) is 48.5 Å². The van der Waals surface area contributed by atoms with Gasteiger partial charge in [-0.25, -0.2) is 9.78 Å². The number of anilines is 1. The highest BCUT2D eigenvalue weighted by Crippen LogP contribution is 2.35. The smallest absolute Gasteiger partial charge is 0.315 e. The fourth-order valence-electron chi connectivity index (χ4n) is 5.19. The Bertz CT molecular complexity index is 1250. The normalized spacial score (nSPS) is 27.9. The van der Waals surface area contributed by atoms with Crippen molar-refractivity contribution < 1.29 is 29.6 Å². The third-order valence-electron chi connectivity index (χ3n) is 7.13. The zero-order valence-electron chi connectivity index (χ0n) is 20.6. The van der Waals surface area contributed by atoms with Crippen LogP contribution in [0.3, 0.4) is 0 Å². The standard InChI is InChI=1S/C26H33N5O6/c1-15-11-18(9-10-30(15)25(27)35)36-17-6-4-5-16(12-17)13-28-26-29-19-7-2-3-8-20(19)31(26)24-23(34)22(33)21(14-32)37-24/h2-8,12,15,18,21-24,32-34H,9-11,13-14H2,1H3,(H2,27,35)(H,28,29)/t15?,18?,21-,22-,23-,24-/m1/s1. The summed E-state index contributed by atoms with van der Waals surface area (Å²) >= 11 is 0. The molecule has 0 aliphatic carbocycles. The van der Waals surface area contributed by atoms with Crippen molar-refractivity contribution in [2.75, 3.05) is 18.5 Å². The molecule has 2 unspecified atom stereocenters. The van der Waals surface area contributed by atoms with Crippen molar-refractivity contribution in [2.24, 2.45) is 5.73 Å². The molecule has 2 aliphatic rings. The van der Waals surface area contributed by atoms with E-state index in [-0.39, 0.29) is 12.1 Å². The number of primary amides is 1. The molecule has 1 aromatic heterocycles. The van der Waals surface area contributed by atoms with Crippen LogP contribution >= 0.6 is 0 Å². The minimum Gasteiger partial charge on any atom is -0.490 e. The molecule has 0 radical (unpaired) electrons. The molecule has 3 aromatic rings. The van der Waals surface area contributed by atoms with Gasteiger partial charge in [0.25, 0.3) is 0 Å². The zero-order chi connectivity index (χ0) is 26.1. The number of nitrogens with two attached hydrogens (primary N) is 1. The first kappa shape index (κ1) is 25.3. The fraction of sp³-hybridized carbons (Fsp3) is 0.462. The molecule has 2 saturated heterocycles. The van der Waals surface area contributed by atoms with Crippen LogP contribution < -0.4 is 15.8 Å². The lowest BCUT2D eigenvalue weighted by molar-refractivity contribution is -0.0499.